The van der Waals surface area contributed by atoms with Crippen molar-refractivity contribution < 1.29 is 17.4 Å². The van der Waals surface area contributed by atoms with E-state index in [2.05, 4.69) is 0 Å². The van der Waals surface area contributed by atoms with Gasteiger partial charge in [-0.25, -0.2) is 0 Å². The molecule has 0 atom stereocenters. The van der Waals surface area contributed by atoms with Crippen LogP contribution in [0.1, 0.15) is 0 Å². The van der Waals surface area contributed by atoms with Crippen molar-refractivity contribution in [2.24, 2.45) is 0 Å². The lowest BCUT2D eigenvalue weighted by molar-refractivity contribution is 0.474. The second-order valence-electron chi connectivity index (χ2n) is 1.93. The zero-order chi connectivity index (χ0) is 8.48. The molecule has 0 spiro atoms. The predicted molar refractivity (Wildman–Crippen MR) is 36.4 cm³/mol. The molecule has 0 radical (unpaired) electrons. The summed E-state index contributed by atoms with van der Waals surface area (Å²) in [5, 5.41) is 8.71. The van der Waals surface area contributed by atoms with Crippen molar-refractivity contribution in [3.63, 3.8) is 0 Å². The first-order valence-corrected chi connectivity index (χ1v) is 4.12. The maximum Gasteiger partial charge on any atom is 0.332 e. The lowest BCUT2D eigenvalue weighted by Crippen LogP contribution is -1.89. The minimum atomic E-state index is -4.63. The summed E-state index contributed by atoms with van der Waals surface area (Å²) in [6.07, 6.45) is 0. The Morgan fingerprint density at radius 2 is 1.64 bits per heavy atom. The number of rotatable bonds is 1. The van der Waals surface area contributed by atoms with Crippen LogP contribution < -0.4 is 0 Å². The average Bonchev–Trinajstić information content (AvgIpc) is 1.86. The summed E-state index contributed by atoms with van der Waals surface area (Å²) in [6, 6.07) is 4.19. The normalized spacial score (nSPS) is 11.4. The van der Waals surface area contributed by atoms with E-state index >= 15 is 0 Å². The van der Waals surface area contributed by atoms with Crippen molar-refractivity contribution in [1.29, 1.82) is 0 Å². The molecule has 11 heavy (non-hydrogen) atoms. The van der Waals surface area contributed by atoms with Gasteiger partial charge in [0.25, 0.3) is 0 Å². The molecule has 0 saturated carbocycles. The van der Waals surface area contributed by atoms with E-state index in [4.69, 9.17) is 5.11 Å². The number of phenols is 1. The molecule has 1 aromatic carbocycles. The Kier molecular flexibility index (Phi) is 1.82. The standard InChI is InChI=1S/C6H5FO3S/c7-11(9,10)6-3-1-5(8)2-4-6/h1-4,8H. The molecular weight excluding hydrogens is 171 g/mol. The monoisotopic (exact) mass is 176 g/mol. The molecule has 60 valence electrons. The molecule has 5 heteroatoms. The van der Waals surface area contributed by atoms with Crippen LogP contribution in [-0.4, -0.2) is 13.5 Å². The quantitative estimate of drug-likeness (QED) is 0.650. The number of phenolic OH excluding ortho intramolecular Hbond substituents is 1. The van der Waals surface area contributed by atoms with E-state index in [-0.39, 0.29) is 5.75 Å². The highest BCUT2D eigenvalue weighted by Gasteiger charge is 2.09. The molecule has 1 N–H and O–H groups in total. The smallest absolute Gasteiger partial charge is 0.332 e. The molecule has 0 aliphatic rings. The molecule has 0 aliphatic carbocycles. The van der Waals surface area contributed by atoms with Crippen molar-refractivity contribution in [2.75, 3.05) is 0 Å². The first kappa shape index (κ1) is 8.00. The van der Waals surface area contributed by atoms with Crippen LogP contribution in [0.4, 0.5) is 3.89 Å². The lowest BCUT2D eigenvalue weighted by Gasteiger charge is -1.93. The van der Waals surface area contributed by atoms with Gasteiger partial charge in [-0.05, 0) is 24.3 Å². The summed E-state index contributed by atoms with van der Waals surface area (Å²) < 4.78 is 32.5. The molecule has 3 nitrogen and oxygen atoms in total. The third-order valence-electron chi connectivity index (χ3n) is 1.12. The molecule has 0 bridgehead atoms. The topological polar surface area (TPSA) is 54.4 Å². The Morgan fingerprint density at radius 1 is 1.18 bits per heavy atom. The first-order chi connectivity index (χ1) is 5.00. The van der Waals surface area contributed by atoms with Gasteiger partial charge in [-0.3, -0.25) is 0 Å². The highest BCUT2D eigenvalue weighted by molar-refractivity contribution is 7.86. The van der Waals surface area contributed by atoms with Gasteiger partial charge in [0.1, 0.15) is 5.75 Å². The zero-order valence-corrected chi connectivity index (χ0v) is 6.18. The highest BCUT2D eigenvalue weighted by Crippen LogP contribution is 2.15. The average molecular weight is 176 g/mol. The maximum atomic E-state index is 12.1. The third kappa shape index (κ3) is 1.91. The molecule has 0 saturated heterocycles. The van der Waals surface area contributed by atoms with Crippen LogP contribution in [0.5, 0.6) is 5.75 Å². The largest absolute Gasteiger partial charge is 0.508 e. The van der Waals surface area contributed by atoms with Crippen molar-refractivity contribution in [2.45, 2.75) is 4.90 Å². The van der Waals surface area contributed by atoms with Crippen LogP contribution in [0, 0.1) is 0 Å². The molecule has 1 aromatic rings. The van der Waals surface area contributed by atoms with E-state index < -0.39 is 15.1 Å². The Morgan fingerprint density at radius 3 is 2.00 bits per heavy atom. The summed E-state index contributed by atoms with van der Waals surface area (Å²) in [5.74, 6) is -0.0996. The Bertz CT molecular complexity index is 341. The molecule has 0 aromatic heterocycles. The summed E-state index contributed by atoms with van der Waals surface area (Å²) in [5.41, 5.74) is 0. The maximum absolute atomic E-state index is 12.1. The van der Waals surface area contributed by atoms with Crippen molar-refractivity contribution in [3.05, 3.63) is 24.3 Å². The molecule has 0 amide bonds. The Balaban J connectivity index is 3.20. The van der Waals surface area contributed by atoms with Gasteiger partial charge in [0.15, 0.2) is 0 Å². The SMILES string of the molecule is O=S(=O)(F)c1ccc(O)cc1. The Hall–Kier alpha value is -1.10. The van der Waals surface area contributed by atoms with E-state index in [0.29, 0.717) is 0 Å². The molecule has 0 fully saturated rings. The van der Waals surface area contributed by atoms with Crippen molar-refractivity contribution >= 4 is 10.2 Å². The van der Waals surface area contributed by atoms with E-state index in [1.807, 2.05) is 0 Å². The molecular formula is C6H5FO3S. The fourth-order valence-electron chi connectivity index (χ4n) is 0.609. The fraction of sp³-hybridized carbons (Fsp3) is 0. The number of halogens is 1. The second-order valence-corrected chi connectivity index (χ2v) is 3.28. The van der Waals surface area contributed by atoms with Crippen LogP contribution in [0.25, 0.3) is 0 Å². The van der Waals surface area contributed by atoms with Gasteiger partial charge in [-0.1, -0.05) is 0 Å². The first-order valence-electron chi connectivity index (χ1n) is 2.74. The Labute approximate surface area is 63.3 Å². The van der Waals surface area contributed by atoms with Gasteiger partial charge >= 0.3 is 10.2 Å². The predicted octanol–water partition coefficient (Wildman–Crippen LogP) is 1.05. The lowest BCUT2D eigenvalue weighted by atomic mass is 10.3. The second kappa shape index (κ2) is 2.50. The number of hydrogen-bond acceptors (Lipinski definition) is 3. The van der Waals surface area contributed by atoms with E-state index in [1.165, 1.54) is 0 Å². The van der Waals surface area contributed by atoms with Crippen LogP contribution in [0.15, 0.2) is 29.2 Å². The fourth-order valence-corrected chi connectivity index (χ4v) is 1.07. The van der Waals surface area contributed by atoms with Gasteiger partial charge in [0.2, 0.25) is 0 Å². The van der Waals surface area contributed by atoms with Crippen molar-refractivity contribution in [3.8, 4) is 5.75 Å². The zero-order valence-electron chi connectivity index (χ0n) is 5.36. The van der Waals surface area contributed by atoms with Gasteiger partial charge in [-0.2, -0.15) is 8.42 Å². The third-order valence-corrected chi connectivity index (χ3v) is 1.95. The summed E-state index contributed by atoms with van der Waals surface area (Å²) in [4.78, 5) is -0.449. The van der Waals surface area contributed by atoms with Crippen molar-refractivity contribution in [1.82, 2.24) is 0 Å². The number of hydrogen-bond donors (Lipinski definition) is 1. The van der Waals surface area contributed by atoms with Gasteiger partial charge in [0.05, 0.1) is 4.90 Å². The minimum Gasteiger partial charge on any atom is -0.508 e. The summed E-state index contributed by atoms with van der Waals surface area (Å²) in [7, 11) is -4.63. The summed E-state index contributed by atoms with van der Waals surface area (Å²) >= 11 is 0. The van der Waals surface area contributed by atoms with E-state index in [0.717, 1.165) is 24.3 Å². The van der Waals surface area contributed by atoms with Gasteiger partial charge < -0.3 is 5.11 Å². The molecule has 1 rings (SSSR count). The highest BCUT2D eigenvalue weighted by atomic mass is 32.3. The van der Waals surface area contributed by atoms with Crippen LogP contribution >= 0.6 is 0 Å². The van der Waals surface area contributed by atoms with Crippen LogP contribution in [0.2, 0.25) is 0 Å². The molecule has 0 unspecified atom stereocenters. The number of aromatic hydroxyl groups is 1. The van der Waals surface area contributed by atoms with E-state index in [1.54, 1.807) is 0 Å². The molecule has 0 aliphatic heterocycles. The van der Waals surface area contributed by atoms with Gasteiger partial charge in [-0.15, -0.1) is 3.89 Å². The molecule has 0 heterocycles. The minimum absolute atomic E-state index is 0.0996. The number of benzene rings is 1. The van der Waals surface area contributed by atoms with Crippen LogP contribution in [0.3, 0.4) is 0 Å². The van der Waals surface area contributed by atoms with Crippen LogP contribution in [-0.2, 0) is 10.2 Å². The van der Waals surface area contributed by atoms with Gasteiger partial charge in [0, 0.05) is 0 Å². The van der Waals surface area contributed by atoms with E-state index in [9.17, 15) is 12.3 Å². The summed E-state index contributed by atoms with van der Waals surface area (Å²) in [6.45, 7) is 0.